The summed E-state index contributed by atoms with van der Waals surface area (Å²) in [6.45, 7) is 4.70. The van der Waals surface area contributed by atoms with Crippen molar-refractivity contribution in [3.05, 3.63) is 181 Å². The van der Waals surface area contributed by atoms with E-state index in [4.69, 9.17) is 0 Å². The van der Waals surface area contributed by atoms with Gasteiger partial charge in [0.15, 0.2) is 0 Å². The first-order valence-electron chi connectivity index (χ1n) is 16.5. The van der Waals surface area contributed by atoms with Crippen LogP contribution < -0.4 is 0 Å². The summed E-state index contributed by atoms with van der Waals surface area (Å²) < 4.78 is 0. The summed E-state index contributed by atoms with van der Waals surface area (Å²) >= 11 is 0. The van der Waals surface area contributed by atoms with E-state index in [1.165, 1.54) is 88.3 Å². The second-order valence-electron chi connectivity index (χ2n) is 13.3. The second-order valence-corrected chi connectivity index (χ2v) is 13.3. The van der Waals surface area contributed by atoms with Gasteiger partial charge in [0.2, 0.25) is 0 Å². The summed E-state index contributed by atoms with van der Waals surface area (Å²) in [4.78, 5) is 0. The largest absolute Gasteiger partial charge is 0.0622 e. The summed E-state index contributed by atoms with van der Waals surface area (Å²) in [7, 11) is 0. The molecule has 0 saturated carbocycles. The van der Waals surface area contributed by atoms with E-state index in [-0.39, 0.29) is 5.41 Å². The average molecular weight is 599 g/mol. The monoisotopic (exact) mass is 598 g/mol. The number of benzene rings is 8. The molecule has 0 aromatic heterocycles. The predicted molar refractivity (Wildman–Crippen MR) is 201 cm³/mol. The van der Waals surface area contributed by atoms with E-state index >= 15 is 0 Å². The van der Waals surface area contributed by atoms with Gasteiger partial charge in [0.25, 0.3) is 0 Å². The molecular formula is C47H34. The van der Waals surface area contributed by atoms with Crippen LogP contribution in [0.1, 0.15) is 25.0 Å². The Hall–Kier alpha value is -5.72. The van der Waals surface area contributed by atoms with Gasteiger partial charge in [-0.05, 0) is 100 Å². The highest BCUT2D eigenvalue weighted by Crippen LogP contribution is 2.50. The molecule has 222 valence electrons. The van der Waals surface area contributed by atoms with Crippen LogP contribution in [0.15, 0.2) is 170 Å². The van der Waals surface area contributed by atoms with Crippen molar-refractivity contribution in [2.45, 2.75) is 19.3 Å². The van der Waals surface area contributed by atoms with Crippen molar-refractivity contribution in [3.63, 3.8) is 0 Å². The van der Waals surface area contributed by atoms with Crippen LogP contribution in [0.3, 0.4) is 0 Å². The molecule has 0 nitrogen and oxygen atoms in total. The van der Waals surface area contributed by atoms with Crippen molar-refractivity contribution >= 4 is 21.5 Å². The van der Waals surface area contributed by atoms with Crippen LogP contribution in [0.4, 0.5) is 0 Å². The van der Waals surface area contributed by atoms with Crippen LogP contribution in [-0.4, -0.2) is 0 Å². The molecule has 1 aliphatic carbocycles. The highest BCUT2D eigenvalue weighted by Gasteiger charge is 2.35. The lowest BCUT2D eigenvalue weighted by Crippen LogP contribution is -2.14. The van der Waals surface area contributed by atoms with E-state index in [0.717, 1.165) is 0 Å². The third kappa shape index (κ3) is 4.37. The van der Waals surface area contributed by atoms with Crippen LogP contribution in [-0.2, 0) is 5.41 Å². The van der Waals surface area contributed by atoms with Gasteiger partial charge in [0.1, 0.15) is 0 Å². The standard InChI is InChI=1S/C47H34/c1-47(2)43-20-12-11-17-37(43)38-27-25-36(30-44(38)47)32-23-21-31(22-24-32)35-26-28-41-42(29-35)46(34-15-7-4-8-16-34)40-19-10-9-18-39(40)45(41)33-13-5-3-6-14-33/h3-30H,1-2H3. The molecule has 0 bridgehead atoms. The summed E-state index contributed by atoms with van der Waals surface area (Å²) in [5.41, 5.74) is 15.5. The van der Waals surface area contributed by atoms with E-state index in [1.807, 2.05) is 0 Å². The maximum atomic E-state index is 2.41. The van der Waals surface area contributed by atoms with Gasteiger partial charge in [0, 0.05) is 5.41 Å². The van der Waals surface area contributed by atoms with E-state index in [2.05, 4.69) is 184 Å². The van der Waals surface area contributed by atoms with Crippen molar-refractivity contribution in [2.24, 2.45) is 0 Å². The smallest absolute Gasteiger partial charge is 0.0159 e. The lowest BCUT2D eigenvalue weighted by Gasteiger charge is -2.22. The molecule has 1 aliphatic rings. The van der Waals surface area contributed by atoms with Gasteiger partial charge >= 0.3 is 0 Å². The van der Waals surface area contributed by atoms with E-state index in [0.29, 0.717) is 0 Å². The maximum absolute atomic E-state index is 2.41. The zero-order chi connectivity index (χ0) is 31.5. The van der Waals surface area contributed by atoms with Crippen molar-refractivity contribution in [3.8, 4) is 55.6 Å². The molecule has 0 unspecified atom stereocenters. The first-order valence-corrected chi connectivity index (χ1v) is 16.5. The maximum Gasteiger partial charge on any atom is 0.0159 e. The molecule has 0 saturated heterocycles. The first kappa shape index (κ1) is 27.6. The molecule has 0 spiro atoms. The Morgan fingerprint density at radius 1 is 0.298 bits per heavy atom. The van der Waals surface area contributed by atoms with Gasteiger partial charge in [-0.2, -0.15) is 0 Å². The third-order valence-electron chi connectivity index (χ3n) is 10.3. The molecule has 8 aromatic rings. The number of hydrogen-bond acceptors (Lipinski definition) is 0. The van der Waals surface area contributed by atoms with Crippen LogP contribution in [0.2, 0.25) is 0 Å². The van der Waals surface area contributed by atoms with Crippen molar-refractivity contribution < 1.29 is 0 Å². The molecule has 0 fully saturated rings. The summed E-state index contributed by atoms with van der Waals surface area (Å²) in [6.07, 6.45) is 0. The molecule has 9 rings (SSSR count). The Bertz CT molecular complexity index is 2450. The Balaban J connectivity index is 1.18. The lowest BCUT2D eigenvalue weighted by molar-refractivity contribution is 0.660. The highest BCUT2D eigenvalue weighted by molar-refractivity contribution is 6.22. The molecule has 47 heavy (non-hydrogen) atoms. The molecule has 0 N–H and O–H groups in total. The van der Waals surface area contributed by atoms with Crippen molar-refractivity contribution in [1.29, 1.82) is 0 Å². The zero-order valence-electron chi connectivity index (χ0n) is 26.7. The summed E-state index contributed by atoms with van der Waals surface area (Å²) in [6, 6.07) is 62.6. The Kier molecular flexibility index (Phi) is 6.27. The molecule has 0 atom stereocenters. The summed E-state index contributed by atoms with van der Waals surface area (Å²) in [5.74, 6) is 0. The van der Waals surface area contributed by atoms with Crippen LogP contribution in [0.5, 0.6) is 0 Å². The van der Waals surface area contributed by atoms with Crippen molar-refractivity contribution in [2.75, 3.05) is 0 Å². The molecular weight excluding hydrogens is 565 g/mol. The van der Waals surface area contributed by atoms with Crippen molar-refractivity contribution in [1.82, 2.24) is 0 Å². The van der Waals surface area contributed by atoms with Gasteiger partial charge in [0.05, 0.1) is 0 Å². The molecule has 0 aliphatic heterocycles. The third-order valence-corrected chi connectivity index (χ3v) is 10.3. The average Bonchev–Trinajstić information content (AvgIpc) is 3.36. The van der Waals surface area contributed by atoms with Gasteiger partial charge in [-0.1, -0.05) is 172 Å². The lowest BCUT2D eigenvalue weighted by atomic mass is 9.81. The van der Waals surface area contributed by atoms with E-state index in [1.54, 1.807) is 0 Å². The first-order chi connectivity index (χ1) is 23.1. The summed E-state index contributed by atoms with van der Waals surface area (Å²) in [5, 5.41) is 5.11. The normalized spacial score (nSPS) is 13.1. The fourth-order valence-electron chi connectivity index (χ4n) is 7.93. The quantitative estimate of drug-likeness (QED) is 0.177. The van der Waals surface area contributed by atoms with Crippen LogP contribution in [0, 0.1) is 0 Å². The highest BCUT2D eigenvalue weighted by atomic mass is 14.4. The van der Waals surface area contributed by atoms with E-state index < -0.39 is 0 Å². The zero-order valence-corrected chi connectivity index (χ0v) is 26.7. The van der Waals surface area contributed by atoms with Crippen LogP contribution >= 0.6 is 0 Å². The Morgan fingerprint density at radius 3 is 1.38 bits per heavy atom. The van der Waals surface area contributed by atoms with Gasteiger partial charge in [-0.3, -0.25) is 0 Å². The minimum atomic E-state index is -0.00773. The fourth-order valence-corrected chi connectivity index (χ4v) is 7.93. The number of rotatable bonds is 4. The molecule has 0 radical (unpaired) electrons. The molecule has 0 heterocycles. The van der Waals surface area contributed by atoms with Gasteiger partial charge in [-0.15, -0.1) is 0 Å². The Labute approximate surface area is 276 Å². The second kappa shape index (κ2) is 10.7. The minimum absolute atomic E-state index is 0.00773. The molecule has 8 aromatic carbocycles. The van der Waals surface area contributed by atoms with Crippen LogP contribution in [0.25, 0.3) is 77.2 Å². The number of hydrogen-bond donors (Lipinski definition) is 0. The van der Waals surface area contributed by atoms with Gasteiger partial charge < -0.3 is 0 Å². The van der Waals surface area contributed by atoms with Gasteiger partial charge in [-0.25, -0.2) is 0 Å². The predicted octanol–water partition coefficient (Wildman–Crippen LogP) is 13.0. The van der Waals surface area contributed by atoms with E-state index in [9.17, 15) is 0 Å². The topological polar surface area (TPSA) is 0 Å². The fraction of sp³-hybridized carbons (Fsp3) is 0.0638. The molecule has 0 heteroatoms. The minimum Gasteiger partial charge on any atom is -0.0622 e. The Morgan fingerprint density at radius 2 is 0.745 bits per heavy atom. The number of fused-ring (bicyclic) bond motifs is 5. The molecule has 0 amide bonds. The SMILES string of the molecule is CC1(C)c2ccccc2-c2ccc(-c3ccc(-c4ccc5c(-c6ccccc6)c6ccccc6c(-c6ccccc6)c5c4)cc3)cc21.